The third kappa shape index (κ3) is 2.41. The normalized spacial score (nSPS) is 10.3. The molecule has 2 rings (SSSR count). The van der Waals surface area contributed by atoms with E-state index >= 15 is 0 Å². The first-order valence-corrected chi connectivity index (χ1v) is 5.62. The third-order valence-electron chi connectivity index (χ3n) is 2.93. The van der Waals surface area contributed by atoms with Crippen LogP contribution >= 0.6 is 0 Å². The predicted octanol–water partition coefficient (Wildman–Crippen LogP) is 3.24. The highest BCUT2D eigenvalue weighted by Crippen LogP contribution is 2.14. The summed E-state index contributed by atoms with van der Waals surface area (Å²) in [6, 6.07) is 9.37. The largest absolute Gasteiger partial charge is 0.289 e. The molecule has 1 aromatic carbocycles. The Kier molecular flexibility index (Phi) is 3.05. The van der Waals surface area contributed by atoms with Gasteiger partial charge >= 0.3 is 0 Å². The molecule has 0 amide bonds. The molecule has 0 radical (unpaired) electrons. The van der Waals surface area contributed by atoms with Crippen LogP contribution in [0.3, 0.4) is 0 Å². The maximum absolute atomic E-state index is 12.2. The SMILES string of the molecule is Cc1cc(C(=O)c2ccc(C)c(C)c2)ccn1. The number of aromatic nitrogens is 1. The van der Waals surface area contributed by atoms with Gasteiger partial charge in [-0.05, 0) is 50.1 Å². The number of carbonyl (C=O) groups excluding carboxylic acids is 1. The summed E-state index contributed by atoms with van der Waals surface area (Å²) in [6.45, 7) is 5.95. The highest BCUT2D eigenvalue weighted by Gasteiger charge is 2.09. The molecular weight excluding hydrogens is 210 g/mol. The van der Waals surface area contributed by atoms with Crippen molar-refractivity contribution in [3.05, 3.63) is 64.5 Å². The zero-order valence-corrected chi connectivity index (χ0v) is 10.3. The van der Waals surface area contributed by atoms with Gasteiger partial charge in [0.25, 0.3) is 0 Å². The molecule has 0 unspecified atom stereocenters. The standard InChI is InChI=1S/C15H15NO/c1-10-4-5-13(8-11(10)2)15(17)14-6-7-16-12(3)9-14/h4-9H,1-3H3. The van der Waals surface area contributed by atoms with Crippen LogP contribution in [0.25, 0.3) is 0 Å². The van der Waals surface area contributed by atoms with E-state index < -0.39 is 0 Å². The van der Waals surface area contributed by atoms with E-state index in [1.165, 1.54) is 5.56 Å². The molecule has 0 N–H and O–H groups in total. The number of rotatable bonds is 2. The number of aryl methyl sites for hydroxylation is 3. The fourth-order valence-electron chi connectivity index (χ4n) is 1.74. The summed E-state index contributed by atoms with van der Waals surface area (Å²) in [6.07, 6.45) is 1.67. The van der Waals surface area contributed by atoms with Crippen LogP contribution in [-0.2, 0) is 0 Å². The number of hydrogen-bond donors (Lipinski definition) is 0. The van der Waals surface area contributed by atoms with Crippen LogP contribution in [0.5, 0.6) is 0 Å². The Morgan fingerprint density at radius 3 is 2.29 bits per heavy atom. The van der Waals surface area contributed by atoms with Crippen molar-refractivity contribution in [2.24, 2.45) is 0 Å². The molecule has 0 bridgehead atoms. The van der Waals surface area contributed by atoms with E-state index in [1.54, 1.807) is 12.3 Å². The highest BCUT2D eigenvalue weighted by atomic mass is 16.1. The van der Waals surface area contributed by atoms with Crippen LogP contribution in [0.2, 0.25) is 0 Å². The van der Waals surface area contributed by atoms with Gasteiger partial charge in [-0.2, -0.15) is 0 Å². The van der Waals surface area contributed by atoms with E-state index in [0.717, 1.165) is 16.8 Å². The minimum Gasteiger partial charge on any atom is -0.289 e. The number of pyridine rings is 1. The Hall–Kier alpha value is -1.96. The number of benzene rings is 1. The Morgan fingerprint density at radius 1 is 0.941 bits per heavy atom. The Labute approximate surface area is 101 Å². The first kappa shape index (κ1) is 11.5. The van der Waals surface area contributed by atoms with Gasteiger partial charge in [0.1, 0.15) is 0 Å². The third-order valence-corrected chi connectivity index (χ3v) is 2.93. The Bertz CT molecular complexity index is 573. The quantitative estimate of drug-likeness (QED) is 0.734. The van der Waals surface area contributed by atoms with Gasteiger partial charge in [0, 0.05) is 23.0 Å². The first-order chi connectivity index (χ1) is 8.08. The number of carbonyl (C=O) groups is 1. The van der Waals surface area contributed by atoms with Crippen LogP contribution in [-0.4, -0.2) is 10.8 Å². The molecule has 0 saturated carbocycles. The van der Waals surface area contributed by atoms with Crippen LogP contribution in [0, 0.1) is 20.8 Å². The van der Waals surface area contributed by atoms with Crippen molar-refractivity contribution in [3.8, 4) is 0 Å². The fourth-order valence-corrected chi connectivity index (χ4v) is 1.74. The van der Waals surface area contributed by atoms with Crippen molar-refractivity contribution in [1.29, 1.82) is 0 Å². The summed E-state index contributed by atoms with van der Waals surface area (Å²) in [5.74, 6) is 0.0543. The van der Waals surface area contributed by atoms with E-state index in [-0.39, 0.29) is 5.78 Å². The molecule has 0 aliphatic rings. The van der Waals surface area contributed by atoms with Crippen LogP contribution in [0.15, 0.2) is 36.5 Å². The van der Waals surface area contributed by atoms with Crippen molar-refractivity contribution < 1.29 is 4.79 Å². The van der Waals surface area contributed by atoms with Crippen molar-refractivity contribution in [3.63, 3.8) is 0 Å². The van der Waals surface area contributed by atoms with Crippen LogP contribution < -0.4 is 0 Å². The second kappa shape index (κ2) is 4.50. The summed E-state index contributed by atoms with van der Waals surface area (Å²) < 4.78 is 0. The molecule has 0 saturated heterocycles. The highest BCUT2D eigenvalue weighted by molar-refractivity contribution is 6.09. The van der Waals surface area contributed by atoms with E-state index in [4.69, 9.17) is 0 Å². The average Bonchev–Trinajstić information content (AvgIpc) is 2.32. The van der Waals surface area contributed by atoms with Crippen molar-refractivity contribution >= 4 is 5.78 Å². The van der Waals surface area contributed by atoms with E-state index in [1.807, 2.05) is 45.0 Å². The van der Waals surface area contributed by atoms with Gasteiger partial charge in [0.2, 0.25) is 0 Å². The molecule has 17 heavy (non-hydrogen) atoms. The molecule has 1 aromatic heterocycles. The number of ketones is 1. The minimum atomic E-state index is 0.0543. The first-order valence-electron chi connectivity index (χ1n) is 5.62. The minimum absolute atomic E-state index is 0.0543. The van der Waals surface area contributed by atoms with Crippen molar-refractivity contribution in [1.82, 2.24) is 4.98 Å². The Balaban J connectivity index is 2.40. The van der Waals surface area contributed by atoms with Crippen LogP contribution in [0.4, 0.5) is 0 Å². The molecule has 0 fully saturated rings. The Morgan fingerprint density at radius 2 is 1.65 bits per heavy atom. The van der Waals surface area contributed by atoms with Gasteiger partial charge in [0.05, 0.1) is 0 Å². The maximum Gasteiger partial charge on any atom is 0.193 e. The summed E-state index contributed by atoms with van der Waals surface area (Å²) in [7, 11) is 0. The molecular formula is C15H15NO. The second-order valence-corrected chi connectivity index (χ2v) is 4.31. The molecule has 2 nitrogen and oxygen atoms in total. The van der Waals surface area contributed by atoms with Gasteiger partial charge in [-0.3, -0.25) is 9.78 Å². The van der Waals surface area contributed by atoms with Gasteiger partial charge in [-0.1, -0.05) is 12.1 Å². The molecule has 0 spiro atoms. The van der Waals surface area contributed by atoms with Gasteiger partial charge in [-0.15, -0.1) is 0 Å². The molecule has 2 aromatic rings. The van der Waals surface area contributed by atoms with Crippen LogP contribution in [0.1, 0.15) is 32.7 Å². The topological polar surface area (TPSA) is 30.0 Å². The molecule has 0 aliphatic heterocycles. The molecule has 1 heterocycles. The molecule has 86 valence electrons. The zero-order valence-electron chi connectivity index (χ0n) is 10.3. The van der Waals surface area contributed by atoms with Gasteiger partial charge in [-0.25, -0.2) is 0 Å². The lowest BCUT2D eigenvalue weighted by atomic mass is 9.99. The monoisotopic (exact) mass is 225 g/mol. The lowest BCUT2D eigenvalue weighted by molar-refractivity contribution is 0.103. The van der Waals surface area contributed by atoms with E-state index in [0.29, 0.717) is 5.56 Å². The average molecular weight is 225 g/mol. The smallest absolute Gasteiger partial charge is 0.193 e. The number of hydrogen-bond acceptors (Lipinski definition) is 2. The van der Waals surface area contributed by atoms with Gasteiger partial charge in [0.15, 0.2) is 5.78 Å². The van der Waals surface area contributed by atoms with Crippen molar-refractivity contribution in [2.75, 3.05) is 0 Å². The summed E-state index contributed by atoms with van der Waals surface area (Å²) >= 11 is 0. The maximum atomic E-state index is 12.2. The lowest BCUT2D eigenvalue weighted by Gasteiger charge is -2.05. The summed E-state index contributed by atoms with van der Waals surface area (Å²) in [5.41, 5.74) is 4.63. The molecule has 0 atom stereocenters. The van der Waals surface area contributed by atoms with E-state index in [9.17, 15) is 4.79 Å². The molecule has 2 heteroatoms. The van der Waals surface area contributed by atoms with Crippen molar-refractivity contribution in [2.45, 2.75) is 20.8 Å². The van der Waals surface area contributed by atoms with E-state index in [2.05, 4.69) is 4.98 Å². The lowest BCUT2D eigenvalue weighted by Crippen LogP contribution is -2.02. The number of nitrogens with zero attached hydrogens (tertiary/aromatic N) is 1. The second-order valence-electron chi connectivity index (χ2n) is 4.31. The molecule has 0 aliphatic carbocycles. The fraction of sp³-hybridized carbons (Fsp3) is 0.200. The zero-order chi connectivity index (χ0) is 12.4. The predicted molar refractivity (Wildman–Crippen MR) is 68.3 cm³/mol. The van der Waals surface area contributed by atoms with Gasteiger partial charge < -0.3 is 0 Å². The summed E-state index contributed by atoms with van der Waals surface area (Å²) in [5, 5.41) is 0. The summed E-state index contributed by atoms with van der Waals surface area (Å²) in [4.78, 5) is 16.3.